The predicted octanol–water partition coefficient (Wildman–Crippen LogP) is 11.6. The number of nitrogens with two attached hydrogens (primary N) is 1. The third-order valence-corrected chi connectivity index (χ3v) is 9.73. The molecule has 4 N–H and O–H groups in total. The van der Waals surface area contributed by atoms with Crippen molar-refractivity contribution >= 4 is 19.8 Å². The van der Waals surface area contributed by atoms with Gasteiger partial charge in [-0.15, -0.1) is 0 Å². The molecule has 0 aromatic heterocycles. The highest BCUT2D eigenvalue weighted by atomic mass is 31.2. The van der Waals surface area contributed by atoms with Gasteiger partial charge in [0.15, 0.2) is 0 Å². The zero-order chi connectivity index (χ0) is 40.5. The highest BCUT2D eigenvalue weighted by molar-refractivity contribution is 7.47. The molecule has 0 saturated heterocycles. The Hall–Kier alpha value is -2.33. The Morgan fingerprint density at radius 2 is 1.05 bits per heavy atom. The smallest absolute Gasteiger partial charge is 0.472 e. The van der Waals surface area contributed by atoms with Crippen LogP contribution in [0.25, 0.3) is 0 Å². The maximum absolute atomic E-state index is 12.6. The maximum Gasteiger partial charge on any atom is 0.472 e. The number of aliphatic carboxylic acids is 1. The summed E-state index contributed by atoms with van der Waals surface area (Å²) in [4.78, 5) is 33.5. The van der Waals surface area contributed by atoms with Crippen LogP contribution in [-0.2, 0) is 32.7 Å². The lowest BCUT2D eigenvalue weighted by atomic mass is 10.1. The molecular formula is C44H78NO9P. The van der Waals surface area contributed by atoms with Crippen LogP contribution < -0.4 is 5.73 Å². The number of hydrogen-bond donors (Lipinski definition) is 3. The summed E-state index contributed by atoms with van der Waals surface area (Å²) in [6.07, 6.45) is 46.9. The van der Waals surface area contributed by atoms with Gasteiger partial charge in [0.2, 0.25) is 0 Å². The Morgan fingerprint density at radius 3 is 1.60 bits per heavy atom. The number of carboxylic acid groups (broad SMARTS) is 1. The van der Waals surface area contributed by atoms with E-state index in [0.29, 0.717) is 13.0 Å². The Kier molecular flexibility index (Phi) is 38.2. The molecule has 11 heteroatoms. The summed E-state index contributed by atoms with van der Waals surface area (Å²) in [7, 11) is -4.62. The van der Waals surface area contributed by atoms with Gasteiger partial charge in [0.05, 0.1) is 19.8 Å². The van der Waals surface area contributed by atoms with E-state index >= 15 is 0 Å². The number of rotatable bonds is 40. The second-order valence-electron chi connectivity index (χ2n) is 14.1. The topological polar surface area (TPSA) is 155 Å². The number of unbranched alkanes of at least 4 members (excludes halogenated alkanes) is 16. The number of esters is 1. The average Bonchev–Trinajstić information content (AvgIpc) is 3.16. The molecule has 0 aromatic carbocycles. The van der Waals surface area contributed by atoms with Crippen molar-refractivity contribution in [3.63, 3.8) is 0 Å². The lowest BCUT2D eigenvalue weighted by molar-refractivity contribution is -0.154. The summed E-state index contributed by atoms with van der Waals surface area (Å²) < 4.78 is 33.3. The van der Waals surface area contributed by atoms with E-state index in [-0.39, 0.29) is 13.0 Å². The van der Waals surface area contributed by atoms with Gasteiger partial charge >= 0.3 is 19.8 Å². The minimum absolute atomic E-state index is 0.00440. The fourth-order valence-corrected chi connectivity index (χ4v) is 6.25. The third kappa shape index (κ3) is 39.7. The molecule has 55 heavy (non-hydrogen) atoms. The number of ether oxygens (including phenoxy) is 2. The van der Waals surface area contributed by atoms with Gasteiger partial charge < -0.3 is 25.2 Å². The van der Waals surface area contributed by atoms with E-state index in [2.05, 4.69) is 74.6 Å². The molecular weight excluding hydrogens is 717 g/mol. The Morgan fingerprint density at radius 1 is 0.600 bits per heavy atom. The van der Waals surface area contributed by atoms with Gasteiger partial charge in [0, 0.05) is 13.0 Å². The molecule has 0 aliphatic carbocycles. The van der Waals surface area contributed by atoms with Crippen molar-refractivity contribution in [2.45, 2.75) is 180 Å². The van der Waals surface area contributed by atoms with Gasteiger partial charge in [-0.05, 0) is 77.0 Å². The zero-order valence-corrected chi connectivity index (χ0v) is 35.4. The van der Waals surface area contributed by atoms with Crippen molar-refractivity contribution in [2.24, 2.45) is 5.73 Å². The van der Waals surface area contributed by atoms with E-state index in [1.165, 1.54) is 51.4 Å². The number of phosphoric acid groups is 1. The van der Waals surface area contributed by atoms with Crippen LogP contribution >= 0.6 is 7.82 Å². The van der Waals surface area contributed by atoms with Crippen molar-refractivity contribution in [3.8, 4) is 0 Å². The third-order valence-electron chi connectivity index (χ3n) is 8.78. The van der Waals surface area contributed by atoms with E-state index < -0.39 is 45.1 Å². The quantitative estimate of drug-likeness (QED) is 0.0236. The average molecular weight is 796 g/mol. The van der Waals surface area contributed by atoms with Crippen molar-refractivity contribution in [2.75, 3.05) is 26.4 Å². The Labute approximate surface area is 334 Å². The van der Waals surface area contributed by atoms with Crippen LogP contribution in [0.1, 0.15) is 168 Å². The highest BCUT2D eigenvalue weighted by Gasteiger charge is 2.27. The Balaban J connectivity index is 4.29. The first-order valence-corrected chi connectivity index (χ1v) is 22.8. The van der Waals surface area contributed by atoms with Gasteiger partial charge in [-0.25, -0.2) is 4.57 Å². The summed E-state index contributed by atoms with van der Waals surface area (Å²) in [6, 6.07) is -1.48. The fourth-order valence-electron chi connectivity index (χ4n) is 5.47. The van der Waals surface area contributed by atoms with E-state index in [4.69, 9.17) is 29.4 Å². The molecule has 318 valence electrons. The first kappa shape index (κ1) is 52.7. The van der Waals surface area contributed by atoms with Crippen LogP contribution in [0.4, 0.5) is 0 Å². The molecule has 0 amide bonds. The van der Waals surface area contributed by atoms with Gasteiger partial charge in [-0.1, -0.05) is 145 Å². The molecule has 3 unspecified atom stereocenters. The van der Waals surface area contributed by atoms with Crippen LogP contribution in [0.15, 0.2) is 60.8 Å². The predicted molar refractivity (Wildman–Crippen MR) is 226 cm³/mol. The molecule has 0 aromatic rings. The highest BCUT2D eigenvalue weighted by Crippen LogP contribution is 2.43. The number of allylic oxidation sites excluding steroid dienone is 10. The lowest BCUT2D eigenvalue weighted by Gasteiger charge is -2.20. The fraction of sp³-hybridized carbons (Fsp3) is 0.727. The minimum atomic E-state index is -4.62. The molecule has 0 spiro atoms. The lowest BCUT2D eigenvalue weighted by Crippen LogP contribution is -2.34. The SMILES string of the molecule is CC/C=C\C/C=C\C/C=C\C/C=C\CCCCCCCCC(=O)OC(COCCCCCCCC/C=C\CCCCCC)COP(=O)(O)OCC(N)C(=O)O. The Bertz CT molecular complexity index is 1100. The number of carboxylic acids is 1. The zero-order valence-electron chi connectivity index (χ0n) is 34.5. The molecule has 0 heterocycles. The van der Waals surface area contributed by atoms with Crippen LogP contribution in [-0.4, -0.2) is 60.5 Å². The number of carbonyl (C=O) groups is 2. The second kappa shape index (κ2) is 39.9. The monoisotopic (exact) mass is 796 g/mol. The second-order valence-corrected chi connectivity index (χ2v) is 15.5. The molecule has 0 fully saturated rings. The molecule has 0 saturated carbocycles. The van der Waals surface area contributed by atoms with Gasteiger partial charge in [-0.3, -0.25) is 18.6 Å². The van der Waals surface area contributed by atoms with Gasteiger partial charge in [-0.2, -0.15) is 0 Å². The van der Waals surface area contributed by atoms with E-state index in [1.807, 2.05) is 0 Å². The van der Waals surface area contributed by atoms with Gasteiger partial charge in [0.1, 0.15) is 12.1 Å². The first-order valence-electron chi connectivity index (χ1n) is 21.3. The molecule has 0 aliphatic heterocycles. The summed E-state index contributed by atoms with van der Waals surface area (Å²) in [5.41, 5.74) is 5.35. The standard InChI is InChI=1S/C44H78NO9P/c1-3-5-7-9-11-13-15-17-19-20-21-22-23-24-26-28-30-32-34-36-43(46)54-41(39-52-55(49,50)53-40-42(45)44(47)48)38-51-37-35-33-31-29-27-25-18-16-14-12-10-8-6-4-2/h5,7,11,13-14,16-17,19,21-22,41-42H,3-4,6,8-10,12,15,18,20,23-40,45H2,1-2H3,(H,47,48)(H,49,50)/b7-5-,13-11-,16-14-,19-17-,22-21-. The molecule has 0 radical (unpaired) electrons. The van der Waals surface area contributed by atoms with Crippen LogP contribution in [0, 0.1) is 0 Å². The summed E-state index contributed by atoms with van der Waals surface area (Å²) in [6.45, 7) is 3.71. The number of carbonyl (C=O) groups excluding carboxylic acids is 1. The van der Waals surface area contributed by atoms with Crippen molar-refractivity contribution in [1.29, 1.82) is 0 Å². The van der Waals surface area contributed by atoms with E-state index in [0.717, 1.165) is 89.9 Å². The largest absolute Gasteiger partial charge is 0.480 e. The molecule has 0 bridgehead atoms. The maximum atomic E-state index is 12.6. The molecule has 0 aliphatic rings. The molecule has 0 rings (SSSR count). The molecule has 10 nitrogen and oxygen atoms in total. The summed E-state index contributed by atoms with van der Waals surface area (Å²) in [5.74, 6) is -1.80. The normalized spacial score (nSPS) is 14.5. The first-order chi connectivity index (χ1) is 26.7. The summed E-state index contributed by atoms with van der Waals surface area (Å²) >= 11 is 0. The van der Waals surface area contributed by atoms with Crippen molar-refractivity contribution in [1.82, 2.24) is 0 Å². The number of phosphoric ester groups is 1. The summed E-state index contributed by atoms with van der Waals surface area (Å²) in [5, 5.41) is 8.89. The van der Waals surface area contributed by atoms with Gasteiger partial charge in [0.25, 0.3) is 0 Å². The van der Waals surface area contributed by atoms with E-state index in [9.17, 15) is 19.0 Å². The van der Waals surface area contributed by atoms with Crippen LogP contribution in [0.5, 0.6) is 0 Å². The van der Waals surface area contributed by atoms with Crippen LogP contribution in [0.2, 0.25) is 0 Å². The van der Waals surface area contributed by atoms with Crippen molar-refractivity contribution < 1.29 is 42.7 Å². The minimum Gasteiger partial charge on any atom is -0.480 e. The van der Waals surface area contributed by atoms with Crippen LogP contribution in [0.3, 0.4) is 0 Å². The van der Waals surface area contributed by atoms with E-state index in [1.54, 1.807) is 0 Å². The molecule has 3 atom stereocenters. The van der Waals surface area contributed by atoms with Crippen molar-refractivity contribution in [3.05, 3.63) is 60.8 Å². The number of hydrogen-bond acceptors (Lipinski definition) is 8.